The normalized spacial score (nSPS) is 21.0. The Morgan fingerprint density at radius 3 is 3.24 bits per heavy atom. The first-order chi connectivity index (χ1) is 8.38. The van der Waals surface area contributed by atoms with Crippen LogP contribution in [-0.2, 0) is 0 Å². The molecule has 2 aromatic rings. The first-order valence-electron chi connectivity index (χ1n) is 6.27. The minimum atomic E-state index is 0.758. The smallest absolute Gasteiger partial charge is 0.182 e. The van der Waals surface area contributed by atoms with E-state index < -0.39 is 0 Å². The molecule has 1 aliphatic heterocycles. The van der Waals surface area contributed by atoms with Crippen LogP contribution in [0.2, 0.25) is 0 Å². The van der Waals surface area contributed by atoms with Crippen molar-refractivity contribution in [2.45, 2.75) is 26.2 Å². The third-order valence-corrected chi connectivity index (χ3v) is 3.60. The van der Waals surface area contributed by atoms with Crippen molar-refractivity contribution in [3.8, 4) is 0 Å². The maximum atomic E-state index is 4.42. The Hall–Kier alpha value is -1.65. The number of fused-ring (bicyclic) bond motifs is 1. The molecule has 5 nitrogen and oxygen atoms in total. The van der Waals surface area contributed by atoms with Gasteiger partial charge in [0.15, 0.2) is 11.5 Å². The standard InChI is InChI=1S/C12H17N5/c1-2-9-4-3-5-17(6-9)12-10-11(14-7-13-10)15-8-16-12/h7-9H,2-6H2,1H3,(H,13,14,15,16). The van der Waals surface area contributed by atoms with Crippen LogP contribution in [0.15, 0.2) is 12.7 Å². The predicted octanol–water partition coefficient (Wildman–Crippen LogP) is 1.98. The molecule has 0 amide bonds. The van der Waals surface area contributed by atoms with Crippen LogP contribution in [0.25, 0.3) is 11.2 Å². The molecular formula is C12H17N5. The highest BCUT2D eigenvalue weighted by atomic mass is 15.2. The molecule has 1 N–H and O–H groups in total. The van der Waals surface area contributed by atoms with Gasteiger partial charge in [0, 0.05) is 13.1 Å². The molecule has 1 unspecified atom stereocenters. The lowest BCUT2D eigenvalue weighted by Gasteiger charge is -2.33. The van der Waals surface area contributed by atoms with Crippen LogP contribution in [0, 0.1) is 5.92 Å². The molecule has 0 aromatic carbocycles. The van der Waals surface area contributed by atoms with Crippen LogP contribution in [0.3, 0.4) is 0 Å². The second kappa shape index (κ2) is 4.31. The summed E-state index contributed by atoms with van der Waals surface area (Å²) in [6.45, 7) is 4.45. The first-order valence-corrected chi connectivity index (χ1v) is 6.27. The van der Waals surface area contributed by atoms with Crippen molar-refractivity contribution in [1.82, 2.24) is 19.9 Å². The van der Waals surface area contributed by atoms with Crippen molar-refractivity contribution in [2.75, 3.05) is 18.0 Å². The van der Waals surface area contributed by atoms with Crippen molar-refractivity contribution in [2.24, 2.45) is 5.92 Å². The van der Waals surface area contributed by atoms with Crippen molar-refractivity contribution in [1.29, 1.82) is 0 Å². The van der Waals surface area contributed by atoms with Crippen LogP contribution < -0.4 is 4.90 Å². The molecule has 3 rings (SSSR count). The molecule has 1 atom stereocenters. The van der Waals surface area contributed by atoms with E-state index in [1.165, 1.54) is 19.3 Å². The Labute approximate surface area is 100 Å². The summed E-state index contributed by atoms with van der Waals surface area (Å²) in [7, 11) is 0. The van der Waals surface area contributed by atoms with Gasteiger partial charge in [0.05, 0.1) is 6.33 Å². The topological polar surface area (TPSA) is 57.7 Å². The van der Waals surface area contributed by atoms with Crippen molar-refractivity contribution in [3.05, 3.63) is 12.7 Å². The molecule has 0 saturated carbocycles. The number of nitrogens with one attached hydrogen (secondary N) is 1. The van der Waals surface area contributed by atoms with Crippen LogP contribution in [0.1, 0.15) is 26.2 Å². The second-order valence-electron chi connectivity index (χ2n) is 4.66. The first kappa shape index (κ1) is 10.5. The quantitative estimate of drug-likeness (QED) is 0.858. The van der Waals surface area contributed by atoms with Gasteiger partial charge in [-0.05, 0) is 18.8 Å². The number of hydrogen-bond donors (Lipinski definition) is 1. The molecule has 0 bridgehead atoms. The summed E-state index contributed by atoms with van der Waals surface area (Å²) < 4.78 is 0. The zero-order chi connectivity index (χ0) is 11.7. The van der Waals surface area contributed by atoms with E-state index in [0.717, 1.165) is 36.0 Å². The zero-order valence-electron chi connectivity index (χ0n) is 10.1. The highest BCUT2D eigenvalue weighted by Crippen LogP contribution is 2.26. The van der Waals surface area contributed by atoms with Gasteiger partial charge in [-0.25, -0.2) is 15.0 Å². The van der Waals surface area contributed by atoms with Gasteiger partial charge in [-0.2, -0.15) is 0 Å². The number of rotatable bonds is 2. The highest BCUT2D eigenvalue weighted by molar-refractivity contribution is 5.82. The molecule has 5 heteroatoms. The van der Waals surface area contributed by atoms with Crippen molar-refractivity contribution < 1.29 is 0 Å². The fourth-order valence-corrected chi connectivity index (χ4v) is 2.58. The lowest BCUT2D eigenvalue weighted by molar-refractivity contribution is 0.403. The zero-order valence-corrected chi connectivity index (χ0v) is 10.1. The van der Waals surface area contributed by atoms with Crippen molar-refractivity contribution >= 4 is 17.0 Å². The lowest BCUT2D eigenvalue weighted by atomic mass is 9.96. The summed E-state index contributed by atoms with van der Waals surface area (Å²) in [5.74, 6) is 1.79. The lowest BCUT2D eigenvalue weighted by Crippen LogP contribution is -2.35. The monoisotopic (exact) mass is 231 g/mol. The minimum Gasteiger partial charge on any atom is -0.354 e. The molecular weight excluding hydrogens is 214 g/mol. The number of hydrogen-bond acceptors (Lipinski definition) is 4. The fourth-order valence-electron chi connectivity index (χ4n) is 2.58. The van der Waals surface area contributed by atoms with Gasteiger partial charge in [0.25, 0.3) is 0 Å². The number of imidazole rings is 1. The molecule has 17 heavy (non-hydrogen) atoms. The van der Waals surface area contributed by atoms with Crippen molar-refractivity contribution in [3.63, 3.8) is 0 Å². The average molecular weight is 231 g/mol. The van der Waals surface area contributed by atoms with Gasteiger partial charge in [-0.15, -0.1) is 0 Å². The number of nitrogens with zero attached hydrogens (tertiary/aromatic N) is 4. The van der Waals surface area contributed by atoms with Crippen LogP contribution in [0.4, 0.5) is 5.82 Å². The maximum Gasteiger partial charge on any atom is 0.182 e. The Bertz CT molecular complexity index is 506. The van der Waals surface area contributed by atoms with Gasteiger partial charge < -0.3 is 9.88 Å². The molecule has 90 valence electrons. The Balaban J connectivity index is 1.94. The van der Waals surface area contributed by atoms with E-state index in [0.29, 0.717) is 0 Å². The third kappa shape index (κ3) is 1.85. The molecule has 1 fully saturated rings. The molecule has 1 saturated heterocycles. The van der Waals surface area contributed by atoms with E-state index in [-0.39, 0.29) is 0 Å². The van der Waals surface area contributed by atoms with E-state index in [9.17, 15) is 0 Å². The molecule has 1 aliphatic rings. The van der Waals surface area contributed by atoms with Gasteiger partial charge in [-0.3, -0.25) is 0 Å². The van der Waals surface area contributed by atoms with Gasteiger partial charge in [0.1, 0.15) is 11.8 Å². The van der Waals surface area contributed by atoms with E-state index in [1.807, 2.05) is 0 Å². The minimum absolute atomic E-state index is 0.758. The second-order valence-corrected chi connectivity index (χ2v) is 4.66. The average Bonchev–Trinajstić information content (AvgIpc) is 2.87. The number of anilines is 1. The highest BCUT2D eigenvalue weighted by Gasteiger charge is 2.21. The fraction of sp³-hybridized carbons (Fsp3) is 0.583. The number of aromatic nitrogens is 4. The Morgan fingerprint density at radius 2 is 2.35 bits per heavy atom. The summed E-state index contributed by atoms with van der Waals surface area (Å²) >= 11 is 0. The summed E-state index contributed by atoms with van der Waals surface area (Å²) in [6, 6.07) is 0. The number of piperidine rings is 1. The molecule has 0 aliphatic carbocycles. The van der Waals surface area contributed by atoms with Crippen LogP contribution in [0.5, 0.6) is 0 Å². The molecule has 3 heterocycles. The molecule has 0 spiro atoms. The largest absolute Gasteiger partial charge is 0.354 e. The van der Waals surface area contributed by atoms with Crippen LogP contribution >= 0.6 is 0 Å². The third-order valence-electron chi connectivity index (χ3n) is 3.60. The Kier molecular flexibility index (Phi) is 2.66. The Morgan fingerprint density at radius 1 is 1.41 bits per heavy atom. The van der Waals surface area contributed by atoms with E-state index in [1.54, 1.807) is 12.7 Å². The summed E-state index contributed by atoms with van der Waals surface area (Å²) in [5, 5.41) is 0. The van der Waals surface area contributed by atoms with E-state index >= 15 is 0 Å². The number of aromatic amines is 1. The van der Waals surface area contributed by atoms with Gasteiger partial charge >= 0.3 is 0 Å². The SMILES string of the molecule is CCC1CCCN(c2ncnc3nc[nH]c23)C1. The van der Waals surface area contributed by atoms with E-state index in [4.69, 9.17) is 0 Å². The summed E-state index contributed by atoms with van der Waals surface area (Å²) in [4.78, 5) is 18.3. The predicted molar refractivity (Wildman–Crippen MR) is 66.9 cm³/mol. The van der Waals surface area contributed by atoms with Gasteiger partial charge in [-0.1, -0.05) is 13.3 Å². The molecule has 0 radical (unpaired) electrons. The summed E-state index contributed by atoms with van der Waals surface area (Å²) in [6.07, 6.45) is 7.12. The summed E-state index contributed by atoms with van der Waals surface area (Å²) in [5.41, 5.74) is 1.72. The molecule has 2 aromatic heterocycles. The van der Waals surface area contributed by atoms with Crippen LogP contribution in [-0.4, -0.2) is 33.0 Å². The maximum absolute atomic E-state index is 4.42. The van der Waals surface area contributed by atoms with E-state index in [2.05, 4.69) is 31.8 Å². The van der Waals surface area contributed by atoms with Gasteiger partial charge in [0.2, 0.25) is 0 Å². The number of H-pyrrole nitrogens is 1.